The first-order valence-electron chi connectivity index (χ1n) is 8.86. The van der Waals surface area contributed by atoms with E-state index < -0.39 is 0 Å². The molecule has 5 heteroatoms. The molecule has 0 spiro atoms. The number of hydrogen-bond acceptors (Lipinski definition) is 3. The van der Waals surface area contributed by atoms with E-state index in [1.165, 1.54) is 25.9 Å². The Hall–Kier alpha value is -0.810. The van der Waals surface area contributed by atoms with Crippen molar-refractivity contribution >= 4 is 5.96 Å². The number of ether oxygens (including phenoxy) is 1. The standard InChI is InChI=1S/C17H36N4O/c1-15(2)7-13-22-14-9-20-17(18-4)19-8-12-21-10-5-16(3)6-11-21/h15-16H,5-14H2,1-4H3,(H2,18,19,20). The van der Waals surface area contributed by atoms with Crippen LogP contribution in [0.1, 0.15) is 40.0 Å². The highest BCUT2D eigenvalue weighted by Gasteiger charge is 2.14. The molecular weight excluding hydrogens is 276 g/mol. The van der Waals surface area contributed by atoms with Crippen molar-refractivity contribution < 1.29 is 4.74 Å². The van der Waals surface area contributed by atoms with Crippen molar-refractivity contribution in [1.29, 1.82) is 0 Å². The van der Waals surface area contributed by atoms with Gasteiger partial charge >= 0.3 is 0 Å². The van der Waals surface area contributed by atoms with Gasteiger partial charge in [-0.25, -0.2) is 0 Å². The Bertz CT molecular complexity index is 299. The monoisotopic (exact) mass is 312 g/mol. The largest absolute Gasteiger partial charge is 0.380 e. The lowest BCUT2D eigenvalue weighted by atomic mass is 9.99. The van der Waals surface area contributed by atoms with E-state index in [2.05, 4.69) is 41.3 Å². The second-order valence-electron chi connectivity index (χ2n) is 6.74. The molecule has 0 aromatic heterocycles. The van der Waals surface area contributed by atoms with Crippen LogP contribution in [0.25, 0.3) is 0 Å². The quantitative estimate of drug-likeness (QED) is 0.388. The third-order valence-electron chi connectivity index (χ3n) is 4.20. The first kappa shape index (κ1) is 19.2. The second-order valence-corrected chi connectivity index (χ2v) is 6.74. The zero-order valence-electron chi connectivity index (χ0n) is 15.0. The maximum Gasteiger partial charge on any atom is 0.191 e. The molecule has 0 aromatic carbocycles. The van der Waals surface area contributed by atoms with Crippen molar-refractivity contribution in [1.82, 2.24) is 15.5 Å². The lowest BCUT2D eigenvalue weighted by molar-refractivity contribution is 0.128. The SMILES string of the molecule is CN=C(NCCOCCC(C)C)NCCN1CCC(C)CC1. The van der Waals surface area contributed by atoms with Gasteiger partial charge in [0.15, 0.2) is 5.96 Å². The van der Waals surface area contributed by atoms with Crippen molar-refractivity contribution in [2.75, 3.05) is 53.0 Å². The van der Waals surface area contributed by atoms with Crippen LogP contribution in [0.15, 0.2) is 4.99 Å². The highest BCUT2D eigenvalue weighted by molar-refractivity contribution is 5.79. The van der Waals surface area contributed by atoms with Crippen LogP contribution in [0.3, 0.4) is 0 Å². The average molecular weight is 313 g/mol. The van der Waals surface area contributed by atoms with Crippen molar-refractivity contribution in [2.24, 2.45) is 16.8 Å². The third-order valence-corrected chi connectivity index (χ3v) is 4.20. The smallest absolute Gasteiger partial charge is 0.191 e. The number of aliphatic imine (C=N–C) groups is 1. The zero-order chi connectivity index (χ0) is 16.2. The number of piperidine rings is 1. The molecule has 0 amide bonds. The van der Waals surface area contributed by atoms with E-state index in [0.717, 1.165) is 51.1 Å². The summed E-state index contributed by atoms with van der Waals surface area (Å²) in [7, 11) is 1.82. The van der Waals surface area contributed by atoms with Gasteiger partial charge in [-0.15, -0.1) is 0 Å². The molecule has 0 aliphatic carbocycles. The van der Waals surface area contributed by atoms with Crippen LogP contribution in [0.5, 0.6) is 0 Å². The van der Waals surface area contributed by atoms with Gasteiger partial charge in [0, 0.05) is 33.3 Å². The molecule has 1 aliphatic heterocycles. The van der Waals surface area contributed by atoms with Crippen LogP contribution in [0.2, 0.25) is 0 Å². The number of guanidine groups is 1. The van der Waals surface area contributed by atoms with E-state index in [1.807, 2.05) is 7.05 Å². The summed E-state index contributed by atoms with van der Waals surface area (Å²) in [6.07, 6.45) is 3.79. The minimum Gasteiger partial charge on any atom is -0.380 e. The number of likely N-dealkylation sites (tertiary alicyclic amines) is 1. The molecule has 22 heavy (non-hydrogen) atoms. The molecular formula is C17H36N4O. The topological polar surface area (TPSA) is 48.9 Å². The number of nitrogens with zero attached hydrogens (tertiary/aromatic N) is 2. The molecule has 1 heterocycles. The molecule has 0 aromatic rings. The summed E-state index contributed by atoms with van der Waals surface area (Å²) >= 11 is 0. The molecule has 0 saturated carbocycles. The lowest BCUT2D eigenvalue weighted by Crippen LogP contribution is -2.44. The molecule has 0 bridgehead atoms. The van der Waals surface area contributed by atoms with Gasteiger partial charge in [-0.3, -0.25) is 4.99 Å². The van der Waals surface area contributed by atoms with Gasteiger partial charge in [-0.1, -0.05) is 20.8 Å². The van der Waals surface area contributed by atoms with E-state index in [4.69, 9.17) is 4.74 Å². The lowest BCUT2D eigenvalue weighted by Gasteiger charge is -2.30. The van der Waals surface area contributed by atoms with Crippen LogP contribution in [-0.4, -0.2) is 63.8 Å². The Balaban J connectivity index is 2.00. The van der Waals surface area contributed by atoms with Crippen molar-refractivity contribution in [2.45, 2.75) is 40.0 Å². The van der Waals surface area contributed by atoms with Crippen molar-refractivity contribution in [3.63, 3.8) is 0 Å². The predicted molar refractivity (Wildman–Crippen MR) is 94.5 cm³/mol. The fourth-order valence-electron chi connectivity index (χ4n) is 2.50. The predicted octanol–water partition coefficient (Wildman–Crippen LogP) is 1.95. The summed E-state index contributed by atoms with van der Waals surface area (Å²) in [5, 5.41) is 6.68. The van der Waals surface area contributed by atoms with E-state index >= 15 is 0 Å². The molecule has 1 aliphatic rings. The maximum atomic E-state index is 5.60. The summed E-state index contributed by atoms with van der Waals surface area (Å²) in [6, 6.07) is 0. The fourth-order valence-corrected chi connectivity index (χ4v) is 2.50. The summed E-state index contributed by atoms with van der Waals surface area (Å²) in [5.74, 6) is 2.48. The average Bonchev–Trinajstić information content (AvgIpc) is 2.50. The maximum absolute atomic E-state index is 5.60. The van der Waals surface area contributed by atoms with Gasteiger partial charge in [-0.2, -0.15) is 0 Å². The van der Waals surface area contributed by atoms with Gasteiger partial charge in [0.1, 0.15) is 0 Å². The van der Waals surface area contributed by atoms with E-state index in [0.29, 0.717) is 5.92 Å². The Morgan fingerprint density at radius 2 is 1.86 bits per heavy atom. The van der Waals surface area contributed by atoms with Crippen molar-refractivity contribution in [3.05, 3.63) is 0 Å². The molecule has 1 saturated heterocycles. The number of hydrogen-bond donors (Lipinski definition) is 2. The number of nitrogens with one attached hydrogen (secondary N) is 2. The van der Waals surface area contributed by atoms with Crippen LogP contribution in [0, 0.1) is 11.8 Å². The molecule has 2 N–H and O–H groups in total. The normalized spacial score (nSPS) is 18.0. The highest BCUT2D eigenvalue weighted by Crippen LogP contribution is 2.14. The Kier molecular flexibility index (Phi) is 10.2. The van der Waals surface area contributed by atoms with Gasteiger partial charge in [0.05, 0.1) is 6.61 Å². The molecule has 0 atom stereocenters. The van der Waals surface area contributed by atoms with E-state index in [1.54, 1.807) is 0 Å². The molecule has 130 valence electrons. The van der Waals surface area contributed by atoms with Crippen LogP contribution < -0.4 is 10.6 Å². The van der Waals surface area contributed by atoms with E-state index in [-0.39, 0.29) is 0 Å². The highest BCUT2D eigenvalue weighted by atomic mass is 16.5. The Labute approximate surface area is 136 Å². The van der Waals surface area contributed by atoms with Crippen molar-refractivity contribution in [3.8, 4) is 0 Å². The minimum atomic E-state index is 0.708. The molecule has 0 radical (unpaired) electrons. The Morgan fingerprint density at radius 3 is 2.50 bits per heavy atom. The third kappa shape index (κ3) is 9.26. The van der Waals surface area contributed by atoms with Gasteiger partial charge in [-0.05, 0) is 44.2 Å². The molecule has 0 unspecified atom stereocenters. The molecule has 5 nitrogen and oxygen atoms in total. The summed E-state index contributed by atoms with van der Waals surface area (Å²) in [4.78, 5) is 6.79. The van der Waals surface area contributed by atoms with Gasteiger partial charge < -0.3 is 20.3 Å². The van der Waals surface area contributed by atoms with Crippen LogP contribution in [-0.2, 0) is 4.74 Å². The second kappa shape index (κ2) is 11.7. The van der Waals surface area contributed by atoms with Gasteiger partial charge in [0.2, 0.25) is 0 Å². The van der Waals surface area contributed by atoms with E-state index in [9.17, 15) is 0 Å². The molecule has 1 rings (SSSR count). The summed E-state index contributed by atoms with van der Waals surface area (Å²) < 4.78 is 5.60. The number of rotatable bonds is 9. The Morgan fingerprint density at radius 1 is 1.18 bits per heavy atom. The minimum absolute atomic E-state index is 0.708. The first-order chi connectivity index (χ1) is 10.6. The fraction of sp³-hybridized carbons (Fsp3) is 0.941. The first-order valence-corrected chi connectivity index (χ1v) is 8.86. The summed E-state index contributed by atoms with van der Waals surface area (Å²) in [5.41, 5.74) is 0. The summed E-state index contributed by atoms with van der Waals surface area (Å²) in [6.45, 7) is 13.7. The van der Waals surface area contributed by atoms with Crippen LogP contribution >= 0.6 is 0 Å². The zero-order valence-corrected chi connectivity index (χ0v) is 15.0. The van der Waals surface area contributed by atoms with Gasteiger partial charge in [0.25, 0.3) is 0 Å². The van der Waals surface area contributed by atoms with Crippen LogP contribution in [0.4, 0.5) is 0 Å². The molecule has 1 fully saturated rings.